The number of carbonyl (C=O) groups is 2. The zero-order valence-corrected chi connectivity index (χ0v) is 14.0. The van der Waals surface area contributed by atoms with Crippen molar-refractivity contribution in [3.8, 4) is 0 Å². The van der Waals surface area contributed by atoms with Gasteiger partial charge in [0.1, 0.15) is 0 Å². The van der Waals surface area contributed by atoms with E-state index >= 15 is 0 Å². The Bertz CT molecular complexity index is 604. The van der Waals surface area contributed by atoms with E-state index < -0.39 is 0 Å². The van der Waals surface area contributed by atoms with Crippen LogP contribution in [-0.4, -0.2) is 42.4 Å². The smallest absolute Gasteiger partial charge is 0.252 e. The third kappa shape index (κ3) is 4.33. The van der Waals surface area contributed by atoms with Crippen LogP contribution in [0, 0.1) is 0 Å². The molecule has 1 aromatic rings. The molecule has 0 unspecified atom stereocenters. The molecule has 1 fully saturated rings. The zero-order chi connectivity index (χ0) is 16.8. The maximum atomic E-state index is 12.4. The van der Waals surface area contributed by atoms with Crippen LogP contribution >= 0.6 is 11.6 Å². The number of carbonyl (C=O) groups excluding carboxylic acids is 2. The van der Waals surface area contributed by atoms with Gasteiger partial charge in [-0.2, -0.15) is 0 Å². The molecule has 0 radical (unpaired) electrons. The second-order valence-electron chi connectivity index (χ2n) is 5.48. The first-order valence-electron chi connectivity index (χ1n) is 7.80. The molecule has 23 heavy (non-hydrogen) atoms. The van der Waals surface area contributed by atoms with Crippen LogP contribution in [0.2, 0.25) is 5.02 Å². The van der Waals surface area contributed by atoms with Gasteiger partial charge in [-0.3, -0.25) is 14.5 Å². The van der Waals surface area contributed by atoms with Crippen molar-refractivity contribution in [2.75, 3.05) is 25.0 Å². The fourth-order valence-electron chi connectivity index (χ4n) is 2.77. The van der Waals surface area contributed by atoms with E-state index in [1.807, 2.05) is 13.0 Å². The van der Waals surface area contributed by atoms with Gasteiger partial charge in [-0.1, -0.05) is 17.7 Å². The average Bonchev–Trinajstić information content (AvgIpc) is 2.96. The van der Waals surface area contributed by atoms with Crippen molar-refractivity contribution in [3.63, 3.8) is 0 Å². The molecule has 0 spiro atoms. The first kappa shape index (κ1) is 17.5. The predicted molar refractivity (Wildman–Crippen MR) is 92.9 cm³/mol. The minimum Gasteiger partial charge on any atom is -0.352 e. The average molecular weight is 336 g/mol. The summed E-state index contributed by atoms with van der Waals surface area (Å²) in [6.45, 7) is 7.71. The topological polar surface area (TPSA) is 61.4 Å². The molecule has 5 nitrogen and oxygen atoms in total. The van der Waals surface area contributed by atoms with Gasteiger partial charge in [-0.05, 0) is 44.5 Å². The van der Waals surface area contributed by atoms with Gasteiger partial charge in [0.05, 0.1) is 16.6 Å². The van der Waals surface area contributed by atoms with Crippen molar-refractivity contribution in [2.24, 2.45) is 0 Å². The van der Waals surface area contributed by atoms with E-state index in [2.05, 4.69) is 22.1 Å². The van der Waals surface area contributed by atoms with Gasteiger partial charge in [-0.15, -0.1) is 6.58 Å². The monoisotopic (exact) mass is 335 g/mol. The summed E-state index contributed by atoms with van der Waals surface area (Å²) in [5.41, 5.74) is 0.999. The molecule has 6 heteroatoms. The molecule has 1 heterocycles. The number of hydrogen-bond donors (Lipinski definition) is 2. The van der Waals surface area contributed by atoms with Crippen molar-refractivity contribution in [3.05, 3.63) is 41.4 Å². The van der Waals surface area contributed by atoms with Gasteiger partial charge in [0.25, 0.3) is 5.91 Å². The first-order chi connectivity index (χ1) is 11.1. The fraction of sp³-hybridized carbons (Fsp3) is 0.412. The highest BCUT2D eigenvalue weighted by molar-refractivity contribution is 6.34. The van der Waals surface area contributed by atoms with E-state index in [-0.39, 0.29) is 17.9 Å². The molecule has 2 rings (SSSR count). The van der Waals surface area contributed by atoms with E-state index in [1.165, 1.54) is 0 Å². The van der Waals surface area contributed by atoms with Crippen molar-refractivity contribution in [2.45, 2.75) is 25.8 Å². The Hall–Kier alpha value is -1.85. The summed E-state index contributed by atoms with van der Waals surface area (Å²) < 4.78 is 0. The Morgan fingerprint density at radius 3 is 2.91 bits per heavy atom. The molecular formula is C17H22ClN3O2. The highest BCUT2D eigenvalue weighted by atomic mass is 35.5. The van der Waals surface area contributed by atoms with E-state index in [9.17, 15) is 9.59 Å². The van der Waals surface area contributed by atoms with Crippen LogP contribution < -0.4 is 10.6 Å². The maximum Gasteiger partial charge on any atom is 0.252 e. The van der Waals surface area contributed by atoms with Gasteiger partial charge < -0.3 is 10.6 Å². The fourth-order valence-corrected chi connectivity index (χ4v) is 3.03. The molecule has 0 bridgehead atoms. The third-order valence-electron chi connectivity index (χ3n) is 3.85. The molecule has 1 saturated heterocycles. The van der Waals surface area contributed by atoms with E-state index in [0.717, 1.165) is 19.4 Å². The summed E-state index contributed by atoms with van der Waals surface area (Å²) in [4.78, 5) is 26.4. The molecule has 0 aliphatic carbocycles. The lowest BCUT2D eigenvalue weighted by molar-refractivity contribution is -0.120. The van der Waals surface area contributed by atoms with E-state index in [4.69, 9.17) is 11.6 Å². The Kier molecular flexibility index (Phi) is 6.19. The van der Waals surface area contributed by atoms with Gasteiger partial charge in [0.15, 0.2) is 0 Å². The molecule has 2 amide bonds. The second-order valence-corrected chi connectivity index (χ2v) is 5.89. The quantitative estimate of drug-likeness (QED) is 0.786. The van der Waals surface area contributed by atoms with Crippen LogP contribution in [0.5, 0.6) is 0 Å². The lowest BCUT2D eigenvalue weighted by Gasteiger charge is -2.22. The summed E-state index contributed by atoms with van der Waals surface area (Å²) >= 11 is 6.15. The standard InChI is InChI=1S/C17H22ClN3O2/c1-3-9-21-10-5-6-15(21)17(23)20-12-7-8-13(14(18)11-12)16(22)19-4-2/h3,7-8,11,15H,1,4-6,9-10H2,2H3,(H,19,22)(H,20,23)/t15-/m0/s1. The number of hydrogen-bond acceptors (Lipinski definition) is 3. The number of anilines is 1. The zero-order valence-electron chi connectivity index (χ0n) is 13.3. The molecule has 1 aromatic carbocycles. The van der Waals surface area contributed by atoms with Crippen LogP contribution in [0.25, 0.3) is 0 Å². The lowest BCUT2D eigenvalue weighted by Crippen LogP contribution is -2.39. The first-order valence-corrected chi connectivity index (χ1v) is 8.18. The van der Waals surface area contributed by atoms with Crippen LogP contribution in [-0.2, 0) is 4.79 Å². The van der Waals surface area contributed by atoms with Crippen LogP contribution in [0.3, 0.4) is 0 Å². The number of amides is 2. The molecule has 1 atom stereocenters. The van der Waals surface area contributed by atoms with Gasteiger partial charge >= 0.3 is 0 Å². The van der Waals surface area contributed by atoms with Crippen molar-refractivity contribution < 1.29 is 9.59 Å². The van der Waals surface area contributed by atoms with Gasteiger partial charge in [0.2, 0.25) is 5.91 Å². The third-order valence-corrected chi connectivity index (χ3v) is 4.16. The number of rotatable bonds is 6. The SMILES string of the molecule is C=CCN1CCC[C@H]1C(=O)Nc1ccc(C(=O)NCC)c(Cl)c1. The van der Waals surface area contributed by atoms with Crippen LogP contribution in [0.4, 0.5) is 5.69 Å². The summed E-state index contributed by atoms with van der Waals surface area (Å²) in [5.74, 6) is -0.269. The lowest BCUT2D eigenvalue weighted by atomic mass is 10.1. The highest BCUT2D eigenvalue weighted by Crippen LogP contribution is 2.23. The van der Waals surface area contributed by atoms with Crippen LogP contribution in [0.1, 0.15) is 30.1 Å². The normalized spacial score (nSPS) is 17.7. The minimum atomic E-state index is -0.219. The van der Waals surface area contributed by atoms with Crippen LogP contribution in [0.15, 0.2) is 30.9 Å². The summed E-state index contributed by atoms with van der Waals surface area (Å²) in [6, 6.07) is 4.78. The molecule has 1 aliphatic heterocycles. The highest BCUT2D eigenvalue weighted by Gasteiger charge is 2.29. The Balaban J connectivity index is 2.05. The number of nitrogens with zero attached hydrogens (tertiary/aromatic N) is 1. The molecule has 2 N–H and O–H groups in total. The van der Waals surface area contributed by atoms with Gasteiger partial charge in [-0.25, -0.2) is 0 Å². The number of benzene rings is 1. The summed E-state index contributed by atoms with van der Waals surface area (Å²) in [7, 11) is 0. The number of halogens is 1. The predicted octanol–water partition coefficient (Wildman–Crippen LogP) is 2.68. The molecule has 0 saturated carbocycles. The maximum absolute atomic E-state index is 12.4. The van der Waals surface area contributed by atoms with Gasteiger partial charge in [0, 0.05) is 18.8 Å². The largest absolute Gasteiger partial charge is 0.352 e. The van der Waals surface area contributed by atoms with E-state index in [0.29, 0.717) is 29.4 Å². The minimum absolute atomic E-state index is 0.0498. The molecule has 1 aliphatic rings. The Morgan fingerprint density at radius 2 is 2.26 bits per heavy atom. The molecule has 124 valence electrons. The molecular weight excluding hydrogens is 314 g/mol. The number of likely N-dealkylation sites (tertiary alicyclic amines) is 1. The van der Waals surface area contributed by atoms with Crippen molar-refractivity contribution in [1.29, 1.82) is 0 Å². The molecule has 0 aromatic heterocycles. The Morgan fingerprint density at radius 1 is 1.48 bits per heavy atom. The van der Waals surface area contributed by atoms with E-state index in [1.54, 1.807) is 18.2 Å². The summed E-state index contributed by atoms with van der Waals surface area (Å²) in [6.07, 6.45) is 3.65. The van der Waals surface area contributed by atoms with Crippen molar-refractivity contribution in [1.82, 2.24) is 10.2 Å². The number of nitrogens with one attached hydrogen (secondary N) is 2. The second kappa shape index (κ2) is 8.13. The summed E-state index contributed by atoms with van der Waals surface area (Å²) in [5, 5.41) is 5.90. The van der Waals surface area contributed by atoms with Crippen molar-refractivity contribution >= 4 is 29.1 Å². The Labute approximate surface area is 141 Å².